The number of nitro groups is 4. The van der Waals surface area contributed by atoms with Crippen molar-refractivity contribution in [1.82, 2.24) is 19.6 Å². The second-order valence-corrected chi connectivity index (χ2v) is 9.34. The van der Waals surface area contributed by atoms with Gasteiger partial charge >= 0.3 is 11.9 Å². The van der Waals surface area contributed by atoms with Crippen molar-refractivity contribution in [3.8, 4) is 0 Å². The Kier molecular flexibility index (Phi) is 11.8. The molecule has 2 N–H and O–H groups in total. The molecule has 0 aliphatic carbocycles. The molecule has 0 amide bonds. The van der Waals surface area contributed by atoms with Crippen LogP contribution in [-0.2, 0) is 13.1 Å². The van der Waals surface area contributed by atoms with Gasteiger partial charge in [0.05, 0.1) is 56.0 Å². The number of benzene rings is 3. The van der Waals surface area contributed by atoms with Gasteiger partial charge in [-0.2, -0.15) is 10.2 Å². The molecule has 0 atom stereocenters. The Hall–Kier alpha value is -7.38. The number of rotatable bonds is 10. The van der Waals surface area contributed by atoms with E-state index < -0.39 is 65.5 Å². The Morgan fingerprint density at radius 3 is 1.06 bits per heavy atom. The van der Waals surface area contributed by atoms with Crippen molar-refractivity contribution in [2.75, 3.05) is 0 Å². The lowest BCUT2D eigenvalue weighted by Gasteiger charge is -2.05. The van der Waals surface area contributed by atoms with Gasteiger partial charge in [-0.1, -0.05) is 24.3 Å². The van der Waals surface area contributed by atoms with Crippen molar-refractivity contribution < 1.29 is 39.5 Å². The molecule has 5 rings (SSSR count). The summed E-state index contributed by atoms with van der Waals surface area (Å²) in [6, 6.07) is 16.9. The Bertz CT molecular complexity index is 1640. The fourth-order valence-corrected chi connectivity index (χ4v) is 3.77. The van der Waals surface area contributed by atoms with Crippen LogP contribution in [0.4, 0.5) is 22.7 Å². The molecule has 0 radical (unpaired) electrons. The highest BCUT2D eigenvalue weighted by Crippen LogP contribution is 2.23. The molecule has 0 aliphatic heterocycles. The van der Waals surface area contributed by atoms with Crippen molar-refractivity contribution in [3.05, 3.63) is 160 Å². The zero-order valence-corrected chi connectivity index (χ0v) is 24.2. The maximum absolute atomic E-state index is 10.5. The van der Waals surface area contributed by atoms with E-state index in [-0.39, 0.29) is 0 Å². The maximum Gasteiger partial charge on any atom is 0.336 e. The first-order valence-electron chi connectivity index (χ1n) is 13.1. The standard InChI is InChI=1S/C14H14N4.2C7H4N2O6/c1-7-15-17(9-1)11-13-3-5-14(6-4-13)12-18-10-2-8-16-18;2*10-7(11)4-1-5(8(12)13)3-6(2-4)9(14)15/h1-10H,11-12H2;2*1-3H,(H,10,11). The van der Waals surface area contributed by atoms with Crippen LogP contribution in [0.5, 0.6) is 0 Å². The summed E-state index contributed by atoms with van der Waals surface area (Å²) in [4.78, 5) is 58.8. The molecule has 2 aromatic heterocycles. The van der Waals surface area contributed by atoms with Crippen LogP contribution in [0.25, 0.3) is 0 Å². The van der Waals surface area contributed by atoms with Crippen LogP contribution in [0.15, 0.2) is 97.6 Å². The number of non-ortho nitro benzene ring substituents is 4. The molecule has 20 nitrogen and oxygen atoms in total. The van der Waals surface area contributed by atoms with E-state index in [9.17, 15) is 50.0 Å². The van der Waals surface area contributed by atoms with Gasteiger partial charge in [-0.25, -0.2) is 9.59 Å². The van der Waals surface area contributed by atoms with E-state index in [4.69, 9.17) is 10.2 Å². The SMILES string of the molecule is O=C(O)c1cc([N+](=O)[O-])cc([N+](=O)[O-])c1.O=C(O)c1cc([N+](=O)[O-])cc([N+](=O)[O-])c1.c1cnn(Cc2ccc(Cn3cccn3)cc2)c1. The summed E-state index contributed by atoms with van der Waals surface area (Å²) in [6.45, 7) is 1.63. The number of hydrogen-bond donors (Lipinski definition) is 2. The summed E-state index contributed by atoms with van der Waals surface area (Å²) >= 11 is 0. The molecular weight excluding hydrogens is 640 g/mol. The van der Waals surface area contributed by atoms with Crippen molar-refractivity contribution in [2.24, 2.45) is 0 Å². The zero-order valence-electron chi connectivity index (χ0n) is 24.2. The summed E-state index contributed by atoms with van der Waals surface area (Å²) in [5.74, 6) is -2.91. The number of carbonyl (C=O) groups is 2. The van der Waals surface area contributed by atoms with Gasteiger partial charge < -0.3 is 10.2 Å². The topological polar surface area (TPSA) is 283 Å². The summed E-state index contributed by atoms with van der Waals surface area (Å²) in [7, 11) is 0. The second-order valence-electron chi connectivity index (χ2n) is 9.34. The van der Waals surface area contributed by atoms with E-state index in [1.165, 1.54) is 11.1 Å². The van der Waals surface area contributed by atoms with Crippen molar-refractivity contribution in [1.29, 1.82) is 0 Å². The lowest BCUT2D eigenvalue weighted by molar-refractivity contribution is -0.394. The van der Waals surface area contributed by atoms with Crippen molar-refractivity contribution >= 4 is 34.7 Å². The highest BCUT2D eigenvalue weighted by molar-refractivity contribution is 5.90. The molecular formula is C28H22N8O12. The molecule has 0 saturated heterocycles. The molecule has 20 heteroatoms. The minimum Gasteiger partial charge on any atom is -0.478 e. The minimum absolute atomic E-state index is 0.490. The molecule has 0 saturated carbocycles. The van der Waals surface area contributed by atoms with Gasteiger partial charge in [0, 0.05) is 49.1 Å². The largest absolute Gasteiger partial charge is 0.478 e. The van der Waals surface area contributed by atoms with Crippen LogP contribution in [0.3, 0.4) is 0 Å². The van der Waals surface area contributed by atoms with Gasteiger partial charge in [0.2, 0.25) is 0 Å². The Morgan fingerprint density at radius 2 is 0.854 bits per heavy atom. The lowest BCUT2D eigenvalue weighted by Crippen LogP contribution is -2.02. The number of hydrogen-bond acceptors (Lipinski definition) is 12. The smallest absolute Gasteiger partial charge is 0.336 e. The quantitative estimate of drug-likeness (QED) is 0.153. The third-order valence-electron chi connectivity index (χ3n) is 5.97. The fraction of sp³-hybridized carbons (Fsp3) is 0.0714. The molecule has 0 unspecified atom stereocenters. The van der Waals surface area contributed by atoms with Gasteiger partial charge in [-0.05, 0) is 23.3 Å². The Morgan fingerprint density at radius 1 is 0.562 bits per heavy atom. The molecule has 3 aromatic carbocycles. The summed E-state index contributed by atoms with van der Waals surface area (Å²) in [5.41, 5.74) is -0.968. The van der Waals surface area contributed by atoms with Crippen LogP contribution in [-0.4, -0.2) is 61.4 Å². The first-order chi connectivity index (χ1) is 22.7. The van der Waals surface area contributed by atoms with E-state index in [0.717, 1.165) is 37.4 Å². The monoisotopic (exact) mass is 662 g/mol. The zero-order chi connectivity index (χ0) is 35.4. The molecule has 5 aromatic rings. The van der Waals surface area contributed by atoms with Gasteiger partial charge in [-0.3, -0.25) is 49.8 Å². The lowest BCUT2D eigenvalue weighted by atomic mass is 10.1. The van der Waals surface area contributed by atoms with E-state index in [2.05, 4.69) is 34.5 Å². The second kappa shape index (κ2) is 16.1. The molecule has 0 spiro atoms. The van der Waals surface area contributed by atoms with Crippen molar-refractivity contribution in [2.45, 2.75) is 13.1 Å². The number of aromatic carboxylic acids is 2. The molecule has 48 heavy (non-hydrogen) atoms. The molecule has 0 bridgehead atoms. The van der Waals surface area contributed by atoms with E-state index in [0.29, 0.717) is 12.1 Å². The van der Waals surface area contributed by atoms with E-state index in [1.54, 1.807) is 12.4 Å². The van der Waals surface area contributed by atoms with Gasteiger partial charge in [-0.15, -0.1) is 0 Å². The summed E-state index contributed by atoms with van der Waals surface area (Å²) in [6.07, 6.45) is 7.54. The first kappa shape index (κ1) is 35.1. The van der Waals surface area contributed by atoms with Crippen molar-refractivity contribution in [3.63, 3.8) is 0 Å². The Labute approximate surface area is 267 Å². The molecule has 0 aliphatic rings. The maximum atomic E-state index is 10.5. The number of aromatic nitrogens is 4. The predicted octanol–water partition coefficient (Wildman–Crippen LogP) is 4.58. The first-order valence-corrected chi connectivity index (χ1v) is 13.1. The predicted molar refractivity (Wildman–Crippen MR) is 163 cm³/mol. The van der Waals surface area contributed by atoms with E-state index in [1.807, 2.05) is 33.9 Å². The molecule has 0 fully saturated rings. The minimum atomic E-state index is -1.46. The van der Waals surface area contributed by atoms with Crippen LogP contribution in [0, 0.1) is 40.5 Å². The number of carboxylic acid groups (broad SMARTS) is 2. The summed E-state index contributed by atoms with van der Waals surface area (Å²) < 4.78 is 3.84. The van der Waals surface area contributed by atoms with Crippen LogP contribution in [0.2, 0.25) is 0 Å². The highest BCUT2D eigenvalue weighted by Gasteiger charge is 2.20. The van der Waals surface area contributed by atoms with Crippen LogP contribution < -0.4 is 0 Å². The highest BCUT2D eigenvalue weighted by atomic mass is 16.6. The normalized spacial score (nSPS) is 10.0. The number of nitrogens with zero attached hydrogens (tertiary/aromatic N) is 8. The average Bonchev–Trinajstić information content (AvgIpc) is 3.77. The van der Waals surface area contributed by atoms with E-state index >= 15 is 0 Å². The fourth-order valence-electron chi connectivity index (χ4n) is 3.77. The molecule has 246 valence electrons. The van der Waals surface area contributed by atoms with Gasteiger partial charge in [0.15, 0.2) is 0 Å². The van der Waals surface area contributed by atoms with Crippen LogP contribution in [0.1, 0.15) is 31.8 Å². The Balaban J connectivity index is 0.000000197. The summed E-state index contributed by atoms with van der Waals surface area (Å²) in [5, 5.41) is 66.9. The number of nitro benzene ring substituents is 4. The average molecular weight is 663 g/mol. The third kappa shape index (κ3) is 10.4. The molecule has 2 heterocycles. The van der Waals surface area contributed by atoms with Gasteiger partial charge in [0.1, 0.15) is 0 Å². The van der Waals surface area contributed by atoms with Gasteiger partial charge in [0.25, 0.3) is 22.7 Å². The van der Waals surface area contributed by atoms with Crippen LogP contribution >= 0.6 is 0 Å². The third-order valence-corrected chi connectivity index (χ3v) is 5.97. The number of carboxylic acids is 2.